The molecule has 2 aromatic rings. The molecule has 1 aliphatic rings. The fraction of sp³-hybridized carbons (Fsp3) is 0.125. The number of anilines is 1. The van der Waals surface area contributed by atoms with Crippen LogP contribution in [0.25, 0.3) is 0 Å². The Balaban J connectivity index is 1.85. The van der Waals surface area contributed by atoms with Gasteiger partial charge in [-0.2, -0.15) is 4.99 Å². The highest BCUT2D eigenvalue weighted by Gasteiger charge is 2.24. The number of aliphatic imine (C=N–C) groups is 1. The molecule has 7 heteroatoms. The van der Waals surface area contributed by atoms with Crippen LogP contribution in [0.4, 0.5) is 10.5 Å². The molecule has 0 atom stereocenters. The van der Waals surface area contributed by atoms with Crippen molar-refractivity contribution in [2.24, 2.45) is 16.5 Å². The third-order valence-corrected chi connectivity index (χ3v) is 4.23. The summed E-state index contributed by atoms with van der Waals surface area (Å²) >= 11 is 1.63. The van der Waals surface area contributed by atoms with Crippen molar-refractivity contribution in [3.63, 3.8) is 0 Å². The maximum atomic E-state index is 12.1. The van der Waals surface area contributed by atoms with Crippen LogP contribution in [0, 0.1) is 0 Å². The summed E-state index contributed by atoms with van der Waals surface area (Å²) in [5.41, 5.74) is 11.2. The van der Waals surface area contributed by atoms with Crippen LogP contribution in [0.1, 0.15) is 0 Å². The third-order valence-electron chi connectivity index (χ3n) is 3.23. The zero-order valence-electron chi connectivity index (χ0n) is 12.3. The summed E-state index contributed by atoms with van der Waals surface area (Å²) in [5.74, 6) is 0.399. The molecule has 0 fully saturated rings. The van der Waals surface area contributed by atoms with E-state index in [1.807, 2.05) is 48.5 Å². The number of urea groups is 1. The van der Waals surface area contributed by atoms with Crippen molar-refractivity contribution in [3.05, 3.63) is 48.5 Å². The Morgan fingerprint density at radius 3 is 2.65 bits per heavy atom. The molecule has 4 N–H and O–H groups in total. The lowest BCUT2D eigenvalue weighted by atomic mass is 10.2. The summed E-state index contributed by atoms with van der Waals surface area (Å²) in [6, 6.07) is 15.3. The zero-order chi connectivity index (χ0) is 16.2. The molecule has 0 unspecified atom stereocenters. The molecule has 1 aliphatic heterocycles. The Bertz CT molecular complexity index is 745. The fourth-order valence-electron chi connectivity index (χ4n) is 2.26. The average Bonchev–Trinajstić information content (AvgIpc) is 2.54. The highest BCUT2D eigenvalue weighted by Crippen LogP contribution is 2.37. The molecule has 2 aromatic carbocycles. The van der Waals surface area contributed by atoms with Crippen molar-refractivity contribution >= 4 is 29.4 Å². The summed E-state index contributed by atoms with van der Waals surface area (Å²) in [5, 5.41) is 0. The van der Waals surface area contributed by atoms with Crippen LogP contribution in [-0.4, -0.2) is 25.1 Å². The van der Waals surface area contributed by atoms with Gasteiger partial charge in [0.1, 0.15) is 12.4 Å². The first kappa shape index (κ1) is 15.2. The van der Waals surface area contributed by atoms with Crippen molar-refractivity contribution < 1.29 is 9.53 Å². The van der Waals surface area contributed by atoms with E-state index in [0.29, 0.717) is 24.6 Å². The average molecular weight is 328 g/mol. The number of ether oxygens (including phenoxy) is 1. The van der Waals surface area contributed by atoms with E-state index in [9.17, 15) is 4.79 Å². The first-order valence-corrected chi connectivity index (χ1v) is 7.86. The first-order chi connectivity index (χ1) is 11.1. The lowest BCUT2D eigenvalue weighted by Crippen LogP contribution is -2.38. The van der Waals surface area contributed by atoms with Gasteiger partial charge in [0.15, 0.2) is 5.96 Å². The van der Waals surface area contributed by atoms with E-state index in [4.69, 9.17) is 16.2 Å². The van der Waals surface area contributed by atoms with Gasteiger partial charge in [-0.1, -0.05) is 30.0 Å². The molecule has 0 bridgehead atoms. The van der Waals surface area contributed by atoms with Gasteiger partial charge in [-0.05, 0) is 30.3 Å². The number of guanidine groups is 1. The van der Waals surface area contributed by atoms with Gasteiger partial charge in [0, 0.05) is 9.79 Å². The number of benzene rings is 2. The van der Waals surface area contributed by atoms with E-state index >= 15 is 0 Å². The van der Waals surface area contributed by atoms with E-state index < -0.39 is 6.03 Å². The quantitative estimate of drug-likeness (QED) is 0.652. The smallest absolute Gasteiger partial charge is 0.351 e. The lowest BCUT2D eigenvalue weighted by molar-refractivity contribution is 0.247. The molecule has 0 saturated heterocycles. The fourth-order valence-corrected chi connectivity index (χ4v) is 3.13. The Morgan fingerprint density at radius 2 is 1.91 bits per heavy atom. The topological polar surface area (TPSA) is 93.9 Å². The van der Waals surface area contributed by atoms with Gasteiger partial charge < -0.3 is 16.2 Å². The number of hydrogen-bond donors (Lipinski definition) is 2. The molecule has 0 spiro atoms. The summed E-state index contributed by atoms with van der Waals surface area (Å²) in [6.45, 7) is 0.811. The van der Waals surface area contributed by atoms with Gasteiger partial charge >= 0.3 is 6.03 Å². The van der Waals surface area contributed by atoms with Gasteiger partial charge in [0.05, 0.1) is 12.2 Å². The molecule has 118 valence electrons. The minimum absolute atomic E-state index is 0.251. The molecule has 1 heterocycles. The van der Waals surface area contributed by atoms with Gasteiger partial charge in [0.25, 0.3) is 0 Å². The Kier molecular flexibility index (Phi) is 4.38. The van der Waals surface area contributed by atoms with Crippen molar-refractivity contribution in [2.45, 2.75) is 9.79 Å². The zero-order valence-corrected chi connectivity index (χ0v) is 13.1. The van der Waals surface area contributed by atoms with Crippen LogP contribution in [0.15, 0.2) is 63.3 Å². The number of rotatable bonds is 2. The molecule has 0 aromatic heterocycles. The monoisotopic (exact) mass is 328 g/mol. The number of nitrogens with two attached hydrogens (primary N) is 2. The normalized spacial score (nSPS) is 13.0. The molecule has 0 saturated carbocycles. The highest BCUT2D eigenvalue weighted by molar-refractivity contribution is 7.99. The van der Waals surface area contributed by atoms with Crippen LogP contribution >= 0.6 is 11.8 Å². The van der Waals surface area contributed by atoms with E-state index in [-0.39, 0.29) is 5.96 Å². The molecular formula is C16H16N4O2S. The summed E-state index contributed by atoms with van der Waals surface area (Å²) in [4.78, 5) is 19.3. The number of amides is 2. The molecule has 0 radical (unpaired) electrons. The third kappa shape index (κ3) is 3.57. The van der Waals surface area contributed by atoms with Crippen LogP contribution in [0.5, 0.6) is 5.75 Å². The number of hydrogen-bond acceptors (Lipinski definition) is 3. The Labute approximate surface area is 138 Å². The van der Waals surface area contributed by atoms with E-state index in [2.05, 4.69) is 4.99 Å². The molecule has 6 nitrogen and oxygen atoms in total. The Hall–Kier alpha value is -2.67. The van der Waals surface area contributed by atoms with Crippen molar-refractivity contribution in [1.82, 2.24) is 0 Å². The van der Waals surface area contributed by atoms with Gasteiger partial charge in [0.2, 0.25) is 0 Å². The lowest BCUT2D eigenvalue weighted by Gasteiger charge is -2.28. The minimum atomic E-state index is -0.488. The van der Waals surface area contributed by atoms with Crippen LogP contribution in [0.3, 0.4) is 0 Å². The van der Waals surface area contributed by atoms with Gasteiger partial charge in [-0.25, -0.2) is 4.79 Å². The van der Waals surface area contributed by atoms with Gasteiger partial charge in [-0.15, -0.1) is 0 Å². The van der Waals surface area contributed by atoms with Crippen molar-refractivity contribution in [1.29, 1.82) is 0 Å². The van der Waals surface area contributed by atoms with Crippen LogP contribution in [0.2, 0.25) is 0 Å². The first-order valence-electron chi connectivity index (χ1n) is 7.04. The minimum Gasteiger partial charge on any atom is -0.489 e. The summed E-state index contributed by atoms with van der Waals surface area (Å²) in [6.07, 6.45) is 0. The van der Waals surface area contributed by atoms with Crippen LogP contribution < -0.4 is 21.1 Å². The van der Waals surface area contributed by atoms with E-state index in [1.54, 1.807) is 11.8 Å². The standard InChI is InChI=1S/C16H16N4O2S/c17-15(18)19-16(21)20-8-9-22-14-10-12(6-7-13(14)20)23-11-4-2-1-3-5-11/h1-7,10H,8-9H2,(H4,17,18,19,21). The summed E-state index contributed by atoms with van der Waals surface area (Å²) in [7, 11) is 0. The largest absolute Gasteiger partial charge is 0.489 e. The number of carbonyl (C=O) groups is 1. The molecule has 23 heavy (non-hydrogen) atoms. The van der Waals surface area contributed by atoms with Crippen molar-refractivity contribution in [2.75, 3.05) is 18.1 Å². The molecule has 3 rings (SSSR count). The summed E-state index contributed by atoms with van der Waals surface area (Å²) < 4.78 is 5.67. The van der Waals surface area contributed by atoms with E-state index in [1.165, 1.54) is 4.90 Å². The molecule has 2 amide bonds. The second-order valence-corrected chi connectivity index (χ2v) is 6.01. The van der Waals surface area contributed by atoms with Crippen molar-refractivity contribution in [3.8, 4) is 5.75 Å². The van der Waals surface area contributed by atoms with Crippen LogP contribution in [-0.2, 0) is 0 Å². The predicted molar refractivity (Wildman–Crippen MR) is 91.1 cm³/mol. The second kappa shape index (κ2) is 6.62. The highest BCUT2D eigenvalue weighted by atomic mass is 32.2. The Morgan fingerprint density at radius 1 is 1.13 bits per heavy atom. The maximum absolute atomic E-state index is 12.1. The molecule has 0 aliphatic carbocycles. The SMILES string of the molecule is NC(N)=NC(=O)N1CCOc2cc(Sc3ccccc3)ccc21. The van der Waals surface area contributed by atoms with Gasteiger partial charge in [-0.3, -0.25) is 4.90 Å². The predicted octanol–water partition coefficient (Wildman–Crippen LogP) is 2.43. The maximum Gasteiger partial charge on any atom is 0.351 e. The van der Waals surface area contributed by atoms with E-state index in [0.717, 1.165) is 9.79 Å². The number of nitrogens with zero attached hydrogens (tertiary/aromatic N) is 2. The number of carbonyl (C=O) groups excluding carboxylic acids is 1. The second-order valence-electron chi connectivity index (χ2n) is 4.86. The molecular weight excluding hydrogens is 312 g/mol. The number of fused-ring (bicyclic) bond motifs is 1.